The van der Waals surface area contributed by atoms with Gasteiger partial charge in [0.05, 0.1) is 0 Å². The largest absolute Gasteiger partial charge is 0.427 e. The normalized spacial score (nSPS) is 19.4. The molecule has 4 aromatic rings. The van der Waals surface area contributed by atoms with Gasteiger partial charge in [-0.25, -0.2) is 37.8 Å². The van der Waals surface area contributed by atoms with E-state index >= 15 is 0 Å². The number of hydrogen-bond donors (Lipinski definition) is 4. The molecule has 4 N–H and O–H groups in total. The van der Waals surface area contributed by atoms with Gasteiger partial charge in [-0.3, -0.25) is 19.2 Å². The van der Waals surface area contributed by atoms with Crippen LogP contribution in [-0.2, 0) is 65.8 Å². The molecule has 2 saturated heterocycles. The minimum Gasteiger partial charge on any atom is -0.427 e. The number of halogens is 8. The second-order valence-electron chi connectivity index (χ2n) is 18.8. The number of anilines is 2. The maximum atomic E-state index is 13.6. The number of imide groups is 2. The van der Waals surface area contributed by atoms with Gasteiger partial charge >= 0.3 is 36.6 Å². The molecule has 4 aromatic carbocycles. The van der Waals surface area contributed by atoms with E-state index < -0.39 is 121 Å². The van der Waals surface area contributed by atoms with E-state index in [1.165, 1.54) is 50.5 Å². The molecule has 0 bridgehead atoms. The van der Waals surface area contributed by atoms with Crippen LogP contribution in [0.25, 0.3) is 0 Å². The summed E-state index contributed by atoms with van der Waals surface area (Å²) in [6.45, 7) is -1.40. The molecule has 2 spiro atoms. The van der Waals surface area contributed by atoms with Crippen LogP contribution >= 0.6 is 0 Å². The van der Waals surface area contributed by atoms with E-state index in [0.717, 1.165) is 38.1 Å². The number of urea groups is 2. The first-order chi connectivity index (χ1) is 36.7. The smallest absolute Gasteiger partial charge is 0.418 e. The third kappa shape index (κ3) is 12.1. The Morgan fingerprint density at radius 2 is 0.923 bits per heavy atom. The average Bonchev–Trinajstić information content (AvgIpc) is 4.03. The summed E-state index contributed by atoms with van der Waals surface area (Å²) in [7, 11) is 2.90. The number of ether oxygens (including phenoxy) is 2. The van der Waals surface area contributed by atoms with Crippen LogP contribution in [0.4, 0.5) is 65.7 Å². The fourth-order valence-corrected chi connectivity index (χ4v) is 9.54. The zero-order chi connectivity index (χ0) is 57.1. The standard InChI is InChI=1S/2C26H26F4N4O5/c2*1-15(26(28,29)30)33(13-16-5-7-18(27)8-6-16)21(35)14-34-22(36)25(39-24(34)38)11-3-4-17-12-19(9-10-20(17)25)32-23(37)31-2/h2*5-10,12,15H,3-4,11,13-14H2,1-2H3,(H2,31,32,37)/t15-,25?;15-,25-/m00/s1. The molecule has 10 amide bonds. The Hall–Kier alpha value is -8.32. The minimum atomic E-state index is -4.80. The van der Waals surface area contributed by atoms with Gasteiger partial charge in [0.15, 0.2) is 0 Å². The highest BCUT2D eigenvalue weighted by molar-refractivity contribution is 6.07. The van der Waals surface area contributed by atoms with Crippen molar-refractivity contribution in [1.82, 2.24) is 30.2 Å². The van der Waals surface area contributed by atoms with Crippen molar-refractivity contribution in [3.8, 4) is 0 Å². The van der Waals surface area contributed by atoms with Crippen molar-refractivity contribution in [2.24, 2.45) is 0 Å². The van der Waals surface area contributed by atoms with Crippen molar-refractivity contribution in [3.63, 3.8) is 0 Å². The number of aryl methyl sites for hydroxylation is 2. The highest BCUT2D eigenvalue weighted by Crippen LogP contribution is 2.46. The third-order valence-electron chi connectivity index (χ3n) is 13.8. The second kappa shape index (κ2) is 22.7. The number of fused-ring (bicyclic) bond motifs is 4. The van der Waals surface area contributed by atoms with E-state index in [2.05, 4.69) is 21.3 Å². The minimum absolute atomic E-state index is 0.121. The van der Waals surface area contributed by atoms with Crippen LogP contribution < -0.4 is 21.3 Å². The van der Waals surface area contributed by atoms with Crippen LogP contribution in [0.1, 0.15) is 72.9 Å². The summed E-state index contributed by atoms with van der Waals surface area (Å²) < 4.78 is 119. The fraction of sp³-hybridized carbons (Fsp3) is 0.385. The first-order valence-corrected chi connectivity index (χ1v) is 24.3. The monoisotopic (exact) mass is 1100 g/mol. The van der Waals surface area contributed by atoms with Crippen LogP contribution in [0.2, 0.25) is 0 Å². The topological polar surface area (TPSA) is 216 Å². The molecule has 0 radical (unpaired) electrons. The zero-order valence-electron chi connectivity index (χ0n) is 42.2. The lowest BCUT2D eigenvalue weighted by atomic mass is 9.78. The van der Waals surface area contributed by atoms with E-state index in [9.17, 15) is 73.5 Å². The molecule has 0 aromatic heterocycles. The van der Waals surface area contributed by atoms with E-state index in [4.69, 9.17) is 9.47 Å². The van der Waals surface area contributed by atoms with Gasteiger partial charge in [-0.1, -0.05) is 36.4 Å². The Morgan fingerprint density at radius 3 is 1.24 bits per heavy atom. The highest BCUT2D eigenvalue weighted by Gasteiger charge is 2.59. The predicted molar refractivity (Wildman–Crippen MR) is 260 cm³/mol. The number of carbonyl (C=O) groups excluding carboxylic acids is 8. The maximum Gasteiger partial charge on any atom is 0.418 e. The Labute approximate surface area is 440 Å². The zero-order valence-corrected chi connectivity index (χ0v) is 42.2. The lowest BCUT2D eigenvalue weighted by Gasteiger charge is -2.33. The third-order valence-corrected chi connectivity index (χ3v) is 13.8. The summed E-state index contributed by atoms with van der Waals surface area (Å²) in [6.07, 6.45) is -9.70. The number of amides is 10. The van der Waals surface area contributed by atoms with Gasteiger partial charge in [0, 0.05) is 62.5 Å². The van der Waals surface area contributed by atoms with Crippen molar-refractivity contribution in [3.05, 3.63) is 130 Å². The summed E-state index contributed by atoms with van der Waals surface area (Å²) in [4.78, 5) is 104. The molecular formula is C52H52F8N8O10. The van der Waals surface area contributed by atoms with Crippen molar-refractivity contribution in [2.75, 3.05) is 37.8 Å². The number of benzene rings is 4. The Bertz CT molecular complexity index is 2800. The summed E-state index contributed by atoms with van der Waals surface area (Å²) >= 11 is 0. The first kappa shape index (κ1) is 57.4. The number of nitrogens with zero attached hydrogens (tertiary/aromatic N) is 4. The van der Waals surface area contributed by atoms with Gasteiger partial charge in [0.2, 0.25) is 23.0 Å². The van der Waals surface area contributed by atoms with Crippen molar-refractivity contribution < 1.29 is 83.0 Å². The van der Waals surface area contributed by atoms with E-state index in [1.54, 1.807) is 24.3 Å². The first-order valence-electron chi connectivity index (χ1n) is 24.3. The number of nitrogens with one attached hydrogen (secondary N) is 4. The molecule has 2 fully saturated rings. The molecule has 4 atom stereocenters. The molecule has 26 heteroatoms. The molecule has 2 aliphatic heterocycles. The molecule has 1 unspecified atom stereocenters. The second-order valence-corrected chi connectivity index (χ2v) is 18.8. The molecule has 8 rings (SSSR count). The maximum absolute atomic E-state index is 13.6. The fourth-order valence-electron chi connectivity index (χ4n) is 9.54. The molecular weight excluding hydrogens is 1050 g/mol. The molecule has 78 heavy (non-hydrogen) atoms. The van der Waals surface area contributed by atoms with Gasteiger partial charge < -0.3 is 40.5 Å². The number of carbonyl (C=O) groups is 8. The van der Waals surface area contributed by atoms with E-state index in [0.29, 0.717) is 78.9 Å². The van der Waals surface area contributed by atoms with Crippen molar-refractivity contribution in [2.45, 2.75) is 101 Å². The molecule has 416 valence electrons. The Morgan fingerprint density at radius 1 is 0.577 bits per heavy atom. The number of alkyl halides is 6. The average molecular weight is 1100 g/mol. The van der Waals surface area contributed by atoms with Crippen molar-refractivity contribution >= 4 is 59.3 Å². The number of rotatable bonds is 12. The lowest BCUT2D eigenvalue weighted by Crippen LogP contribution is -2.51. The van der Waals surface area contributed by atoms with Gasteiger partial charge in [-0.15, -0.1) is 0 Å². The quantitative estimate of drug-likeness (QED) is 0.0999. The van der Waals surface area contributed by atoms with Crippen LogP contribution in [0.5, 0.6) is 0 Å². The van der Waals surface area contributed by atoms with Crippen LogP contribution in [0.15, 0.2) is 84.9 Å². The molecule has 2 heterocycles. The van der Waals surface area contributed by atoms with Gasteiger partial charge in [0.1, 0.15) is 36.8 Å². The SMILES string of the molecule is CNC(=O)Nc1ccc2c(c1)CCCC21OC(=O)N(CC(=O)N(Cc2ccc(F)cc2)[C@@H](C)C(F)(F)F)C1=O.CNC(=O)Nc1ccc2c(c1)CCC[C@]21OC(=O)N(CC(=O)N(Cc2ccc(F)cc2)[C@@H](C)C(F)(F)F)C1=O. The summed E-state index contributed by atoms with van der Waals surface area (Å²) in [5, 5.41) is 10.1. The molecule has 2 aliphatic carbocycles. The van der Waals surface area contributed by atoms with Crippen LogP contribution in [0.3, 0.4) is 0 Å². The molecule has 18 nitrogen and oxygen atoms in total. The summed E-state index contributed by atoms with van der Waals surface area (Å²) in [6, 6.07) is 13.2. The van der Waals surface area contributed by atoms with Gasteiger partial charge in [0.25, 0.3) is 11.8 Å². The lowest BCUT2D eigenvalue weighted by molar-refractivity contribution is -0.187. The van der Waals surface area contributed by atoms with Crippen LogP contribution in [0, 0.1) is 11.6 Å². The summed E-state index contributed by atoms with van der Waals surface area (Å²) in [5.41, 5.74) is -0.0287. The molecule has 0 saturated carbocycles. The highest BCUT2D eigenvalue weighted by atomic mass is 19.4. The van der Waals surface area contributed by atoms with E-state index in [-0.39, 0.29) is 24.0 Å². The van der Waals surface area contributed by atoms with E-state index in [1.807, 2.05) is 0 Å². The Balaban J connectivity index is 0.000000226. The van der Waals surface area contributed by atoms with Gasteiger partial charge in [-0.05, 0) is 110 Å². The Kier molecular flexibility index (Phi) is 16.7. The summed E-state index contributed by atoms with van der Waals surface area (Å²) in [5.74, 6) is -5.16. The van der Waals surface area contributed by atoms with Crippen LogP contribution in [-0.4, -0.2) is 119 Å². The number of hydrogen-bond acceptors (Lipinski definition) is 10. The predicted octanol–water partition coefficient (Wildman–Crippen LogP) is 8.13. The van der Waals surface area contributed by atoms with Gasteiger partial charge in [-0.2, -0.15) is 26.3 Å². The molecule has 4 aliphatic rings. The van der Waals surface area contributed by atoms with Crippen molar-refractivity contribution in [1.29, 1.82) is 0 Å².